The molecule has 2 amide bonds. The molecule has 1 unspecified atom stereocenters. The van der Waals surface area contributed by atoms with Crippen molar-refractivity contribution in [2.45, 2.75) is 6.10 Å². The van der Waals surface area contributed by atoms with E-state index in [-0.39, 0.29) is 18.1 Å². The van der Waals surface area contributed by atoms with Crippen LogP contribution in [0.5, 0.6) is 5.75 Å². The predicted molar refractivity (Wildman–Crippen MR) is 69.8 cm³/mol. The number of aromatic nitrogens is 1. The van der Waals surface area contributed by atoms with Gasteiger partial charge in [-0.3, -0.25) is 15.1 Å². The number of aliphatic hydroxyl groups is 2. The van der Waals surface area contributed by atoms with E-state index >= 15 is 0 Å². The van der Waals surface area contributed by atoms with E-state index < -0.39 is 29.9 Å². The fraction of sp³-hybridized carbons (Fsp3) is 0.364. The second-order valence-corrected chi connectivity index (χ2v) is 3.95. The number of nitrogens with zero attached hydrogens (tertiary/aromatic N) is 1. The molecule has 1 heterocycles. The standard InChI is InChI=1S/C11H16N4O5/c1-13-11(20)15(4-6(17)5-16)10(12)7-2-8(18)9(19)3-14-7/h2-3,6,12,16-17,19H,4-5H2,1H3,(H,13,20)(H,14,18). The van der Waals surface area contributed by atoms with Gasteiger partial charge in [0.05, 0.1) is 24.9 Å². The predicted octanol–water partition coefficient (Wildman–Crippen LogP) is -1.60. The van der Waals surface area contributed by atoms with Crippen molar-refractivity contribution in [2.24, 2.45) is 0 Å². The van der Waals surface area contributed by atoms with Crippen molar-refractivity contribution in [2.75, 3.05) is 20.2 Å². The number of pyridine rings is 1. The highest BCUT2D eigenvalue weighted by molar-refractivity contribution is 6.04. The number of rotatable bonds is 4. The molecular weight excluding hydrogens is 268 g/mol. The summed E-state index contributed by atoms with van der Waals surface area (Å²) >= 11 is 0. The van der Waals surface area contributed by atoms with E-state index in [1.165, 1.54) is 7.05 Å². The fourth-order valence-corrected chi connectivity index (χ4v) is 1.43. The lowest BCUT2D eigenvalue weighted by molar-refractivity contribution is 0.0808. The average molecular weight is 284 g/mol. The molecule has 0 aliphatic heterocycles. The zero-order valence-electron chi connectivity index (χ0n) is 10.8. The van der Waals surface area contributed by atoms with E-state index in [1.807, 2.05) is 0 Å². The van der Waals surface area contributed by atoms with E-state index in [9.17, 15) is 14.7 Å². The highest BCUT2D eigenvalue weighted by atomic mass is 16.3. The van der Waals surface area contributed by atoms with Gasteiger partial charge in [0.1, 0.15) is 0 Å². The van der Waals surface area contributed by atoms with Gasteiger partial charge in [-0.1, -0.05) is 0 Å². The number of hydrogen-bond donors (Lipinski definition) is 6. The molecule has 0 saturated heterocycles. The summed E-state index contributed by atoms with van der Waals surface area (Å²) in [5.74, 6) is -0.891. The van der Waals surface area contributed by atoms with Gasteiger partial charge in [0, 0.05) is 19.3 Å². The van der Waals surface area contributed by atoms with Crippen molar-refractivity contribution in [1.82, 2.24) is 15.2 Å². The van der Waals surface area contributed by atoms with Crippen molar-refractivity contribution in [3.63, 3.8) is 0 Å². The molecule has 0 bridgehead atoms. The quantitative estimate of drug-likeness (QED) is 0.291. The van der Waals surface area contributed by atoms with Crippen molar-refractivity contribution in [3.8, 4) is 5.75 Å². The number of amidine groups is 1. The Morgan fingerprint density at radius 3 is 2.75 bits per heavy atom. The van der Waals surface area contributed by atoms with Crippen LogP contribution < -0.4 is 10.7 Å². The van der Waals surface area contributed by atoms with Gasteiger partial charge in [-0.05, 0) is 0 Å². The van der Waals surface area contributed by atoms with Crippen LogP contribution in [0.4, 0.5) is 4.79 Å². The summed E-state index contributed by atoms with van der Waals surface area (Å²) in [5.41, 5.74) is -0.718. The first-order chi connectivity index (χ1) is 9.40. The van der Waals surface area contributed by atoms with Crippen molar-refractivity contribution < 1.29 is 20.1 Å². The van der Waals surface area contributed by atoms with E-state index in [0.717, 1.165) is 17.2 Å². The number of aliphatic hydroxyl groups excluding tert-OH is 2. The van der Waals surface area contributed by atoms with Crippen molar-refractivity contribution >= 4 is 11.9 Å². The minimum atomic E-state index is -1.23. The lowest BCUT2D eigenvalue weighted by Crippen LogP contribution is -2.47. The van der Waals surface area contributed by atoms with Gasteiger partial charge in [-0.25, -0.2) is 4.79 Å². The number of aromatic hydroxyl groups is 1. The lowest BCUT2D eigenvalue weighted by atomic mass is 10.2. The van der Waals surface area contributed by atoms with Crippen molar-refractivity contribution in [3.05, 3.63) is 28.2 Å². The molecular formula is C11H16N4O5. The minimum Gasteiger partial charge on any atom is -0.503 e. The zero-order chi connectivity index (χ0) is 15.3. The number of nitrogens with one attached hydrogen (secondary N) is 3. The van der Waals surface area contributed by atoms with E-state index in [0.29, 0.717) is 0 Å². The third-order valence-electron chi connectivity index (χ3n) is 2.48. The molecule has 9 nitrogen and oxygen atoms in total. The van der Waals surface area contributed by atoms with Gasteiger partial charge in [0.15, 0.2) is 11.6 Å². The molecule has 1 rings (SSSR count). The van der Waals surface area contributed by atoms with E-state index in [4.69, 9.17) is 15.6 Å². The third kappa shape index (κ3) is 3.56. The maximum absolute atomic E-state index is 11.7. The van der Waals surface area contributed by atoms with Gasteiger partial charge >= 0.3 is 6.03 Å². The number of hydrogen-bond acceptors (Lipinski definition) is 6. The first-order valence-corrected chi connectivity index (χ1v) is 5.69. The van der Waals surface area contributed by atoms with Gasteiger partial charge in [-0.15, -0.1) is 0 Å². The molecule has 0 aliphatic rings. The van der Waals surface area contributed by atoms with Crippen LogP contribution in [0.25, 0.3) is 0 Å². The summed E-state index contributed by atoms with van der Waals surface area (Å²) in [6.07, 6.45) is -0.229. The van der Waals surface area contributed by atoms with Gasteiger partial charge in [0.2, 0.25) is 5.43 Å². The van der Waals surface area contributed by atoms with Gasteiger partial charge < -0.3 is 25.6 Å². The molecule has 6 N–H and O–H groups in total. The Morgan fingerprint density at radius 1 is 1.60 bits per heavy atom. The van der Waals surface area contributed by atoms with Crippen LogP contribution in [-0.2, 0) is 0 Å². The maximum atomic E-state index is 11.7. The van der Waals surface area contributed by atoms with Crippen LogP contribution >= 0.6 is 0 Å². The van der Waals surface area contributed by atoms with Crippen LogP contribution in [-0.4, -0.2) is 63.4 Å². The molecule has 9 heteroatoms. The smallest absolute Gasteiger partial charge is 0.322 e. The second kappa shape index (κ2) is 6.68. The van der Waals surface area contributed by atoms with Gasteiger partial charge in [-0.2, -0.15) is 0 Å². The van der Waals surface area contributed by atoms with Crippen LogP contribution in [0.15, 0.2) is 17.1 Å². The minimum absolute atomic E-state index is 0.0125. The number of aromatic amines is 1. The summed E-state index contributed by atoms with van der Waals surface area (Å²) in [4.78, 5) is 26.3. The Bertz CT molecular complexity index is 556. The van der Waals surface area contributed by atoms with Crippen molar-refractivity contribution in [1.29, 1.82) is 5.41 Å². The summed E-state index contributed by atoms with van der Waals surface area (Å²) in [5, 5.41) is 37.5. The third-order valence-corrected chi connectivity index (χ3v) is 2.48. The normalized spacial score (nSPS) is 11.8. The summed E-state index contributed by atoms with van der Waals surface area (Å²) in [6, 6.07) is 0.273. The zero-order valence-corrected chi connectivity index (χ0v) is 10.8. The Morgan fingerprint density at radius 2 is 2.25 bits per heavy atom. The fourth-order valence-electron chi connectivity index (χ4n) is 1.43. The number of carbonyl (C=O) groups excluding carboxylic acids is 1. The second-order valence-electron chi connectivity index (χ2n) is 3.95. The molecule has 0 aliphatic carbocycles. The Balaban J connectivity index is 3.06. The van der Waals surface area contributed by atoms with Crippen LogP contribution in [0.2, 0.25) is 0 Å². The highest BCUT2D eigenvalue weighted by Crippen LogP contribution is 2.05. The Hall–Kier alpha value is -2.39. The van der Waals surface area contributed by atoms with Crippen LogP contribution in [0, 0.1) is 5.41 Å². The molecule has 1 aromatic rings. The number of amides is 2. The van der Waals surface area contributed by atoms with Crippen LogP contribution in [0.3, 0.4) is 0 Å². The van der Waals surface area contributed by atoms with Gasteiger partial charge in [0.25, 0.3) is 0 Å². The molecule has 0 saturated carbocycles. The Kier molecular flexibility index (Phi) is 5.23. The number of H-pyrrole nitrogens is 1. The van der Waals surface area contributed by atoms with E-state index in [1.54, 1.807) is 0 Å². The molecule has 0 radical (unpaired) electrons. The highest BCUT2D eigenvalue weighted by Gasteiger charge is 2.22. The monoisotopic (exact) mass is 284 g/mol. The summed E-state index contributed by atoms with van der Waals surface area (Å²) in [6.45, 7) is -0.898. The number of urea groups is 1. The average Bonchev–Trinajstić information content (AvgIpc) is 2.45. The molecule has 110 valence electrons. The lowest BCUT2D eigenvalue weighted by Gasteiger charge is -2.24. The molecule has 1 aromatic heterocycles. The first kappa shape index (κ1) is 15.7. The molecule has 20 heavy (non-hydrogen) atoms. The topological polar surface area (TPSA) is 150 Å². The Labute approximate surface area is 114 Å². The SMILES string of the molecule is CNC(=O)N(CC(O)CO)C(=N)c1cc(=O)c(O)c[nH]1. The first-order valence-electron chi connectivity index (χ1n) is 5.69. The maximum Gasteiger partial charge on any atom is 0.322 e. The molecule has 0 fully saturated rings. The number of carbonyl (C=O) groups is 1. The largest absolute Gasteiger partial charge is 0.503 e. The molecule has 0 spiro atoms. The molecule has 1 atom stereocenters. The summed E-state index contributed by atoms with van der Waals surface area (Å²) in [7, 11) is 1.34. The van der Waals surface area contributed by atoms with E-state index in [2.05, 4.69) is 10.3 Å². The van der Waals surface area contributed by atoms with Crippen LogP contribution in [0.1, 0.15) is 5.69 Å². The summed E-state index contributed by atoms with van der Waals surface area (Å²) < 4.78 is 0. The molecule has 0 aromatic carbocycles.